The largest absolute Gasteiger partial charge is 0.279 e. The van der Waals surface area contributed by atoms with Gasteiger partial charge >= 0.3 is 0 Å². The summed E-state index contributed by atoms with van der Waals surface area (Å²) >= 11 is 0. The maximum Gasteiger partial charge on any atom is 0.116 e. The monoisotopic (exact) mass is 246 g/mol. The number of benzene rings is 1. The van der Waals surface area contributed by atoms with E-state index >= 15 is 0 Å². The zero-order valence-corrected chi connectivity index (χ0v) is 11.9. The fourth-order valence-electron chi connectivity index (χ4n) is 2.31. The van der Waals surface area contributed by atoms with Gasteiger partial charge in [-0.25, -0.2) is 4.68 Å². The molecule has 4 heteroatoms. The van der Waals surface area contributed by atoms with Crippen LogP contribution in [0.25, 0.3) is 11.0 Å². The summed E-state index contributed by atoms with van der Waals surface area (Å²) in [7, 11) is 0. The van der Waals surface area contributed by atoms with Crippen molar-refractivity contribution in [3.63, 3.8) is 0 Å². The van der Waals surface area contributed by atoms with Crippen LogP contribution in [0, 0.1) is 6.92 Å². The summed E-state index contributed by atoms with van der Waals surface area (Å²) < 4.78 is 1.99. The minimum atomic E-state index is 0.494. The van der Waals surface area contributed by atoms with Gasteiger partial charge in [-0.05, 0) is 46.2 Å². The van der Waals surface area contributed by atoms with Crippen LogP contribution in [0.15, 0.2) is 18.2 Å². The lowest BCUT2D eigenvalue weighted by Crippen LogP contribution is -2.38. The Morgan fingerprint density at radius 2 is 1.83 bits per heavy atom. The van der Waals surface area contributed by atoms with E-state index in [9.17, 15) is 0 Å². The van der Waals surface area contributed by atoms with Crippen LogP contribution in [0.5, 0.6) is 0 Å². The molecule has 0 atom stereocenters. The fraction of sp³-hybridized carbons (Fsp3) is 0.571. The first kappa shape index (κ1) is 13.0. The SMILES string of the molecule is Cc1cccc2c1nnn2CN(C(C)C)C(C)C. The van der Waals surface area contributed by atoms with Gasteiger partial charge in [0, 0.05) is 12.1 Å². The Hall–Kier alpha value is -1.42. The Morgan fingerprint density at radius 1 is 1.17 bits per heavy atom. The third-order valence-corrected chi connectivity index (χ3v) is 3.37. The van der Waals surface area contributed by atoms with Crippen LogP contribution in [0.1, 0.15) is 33.3 Å². The summed E-state index contributed by atoms with van der Waals surface area (Å²) in [6.07, 6.45) is 0. The molecule has 0 aliphatic heterocycles. The number of hydrogen-bond acceptors (Lipinski definition) is 3. The first-order valence-electron chi connectivity index (χ1n) is 6.55. The molecule has 1 aromatic carbocycles. The summed E-state index contributed by atoms with van der Waals surface area (Å²) in [6, 6.07) is 7.21. The smallest absolute Gasteiger partial charge is 0.116 e. The summed E-state index contributed by atoms with van der Waals surface area (Å²) in [5.41, 5.74) is 3.30. The highest BCUT2D eigenvalue weighted by atomic mass is 15.5. The van der Waals surface area contributed by atoms with Gasteiger partial charge in [0.15, 0.2) is 0 Å². The highest BCUT2D eigenvalue weighted by molar-refractivity contribution is 5.77. The average molecular weight is 246 g/mol. The summed E-state index contributed by atoms with van der Waals surface area (Å²) in [4.78, 5) is 2.40. The number of aromatic nitrogens is 3. The molecule has 0 amide bonds. The zero-order valence-electron chi connectivity index (χ0n) is 11.9. The molecule has 0 spiro atoms. The second-order valence-electron chi connectivity index (χ2n) is 5.37. The molecular weight excluding hydrogens is 224 g/mol. The molecule has 0 bridgehead atoms. The Labute approximate surface area is 109 Å². The topological polar surface area (TPSA) is 34.0 Å². The third-order valence-electron chi connectivity index (χ3n) is 3.37. The predicted octanol–water partition coefficient (Wildman–Crippen LogP) is 2.82. The van der Waals surface area contributed by atoms with Crippen molar-refractivity contribution in [2.45, 2.75) is 53.4 Å². The lowest BCUT2D eigenvalue weighted by molar-refractivity contribution is 0.125. The average Bonchev–Trinajstić information content (AvgIpc) is 2.69. The molecule has 0 N–H and O–H groups in total. The van der Waals surface area contributed by atoms with Gasteiger partial charge in [-0.15, -0.1) is 5.10 Å². The van der Waals surface area contributed by atoms with E-state index < -0.39 is 0 Å². The van der Waals surface area contributed by atoms with E-state index in [1.807, 2.05) is 4.68 Å². The standard InChI is InChI=1S/C14H22N4/c1-10(2)17(11(3)4)9-18-13-8-6-7-12(5)14(13)15-16-18/h6-8,10-11H,9H2,1-5H3. The molecule has 2 aromatic rings. The second-order valence-corrected chi connectivity index (χ2v) is 5.37. The number of nitrogens with zero attached hydrogens (tertiary/aromatic N) is 4. The Bertz CT molecular complexity index is 520. The van der Waals surface area contributed by atoms with Gasteiger partial charge in [0.2, 0.25) is 0 Å². The minimum Gasteiger partial charge on any atom is -0.279 e. The van der Waals surface area contributed by atoms with Gasteiger partial charge in [-0.3, -0.25) is 4.90 Å². The molecule has 98 valence electrons. The van der Waals surface area contributed by atoms with Gasteiger partial charge in [0.25, 0.3) is 0 Å². The van der Waals surface area contributed by atoms with Crippen LogP contribution in [0.4, 0.5) is 0 Å². The normalized spacial score (nSPS) is 12.2. The summed E-state index contributed by atoms with van der Waals surface area (Å²) in [5.74, 6) is 0. The molecule has 18 heavy (non-hydrogen) atoms. The molecular formula is C14H22N4. The first-order valence-corrected chi connectivity index (χ1v) is 6.55. The Balaban J connectivity index is 2.34. The van der Waals surface area contributed by atoms with Crippen molar-refractivity contribution >= 4 is 11.0 Å². The Kier molecular flexibility index (Phi) is 3.66. The molecule has 0 saturated heterocycles. The molecule has 0 aliphatic carbocycles. The van der Waals surface area contributed by atoms with Gasteiger partial charge in [0.05, 0.1) is 12.2 Å². The van der Waals surface area contributed by atoms with Crippen LogP contribution >= 0.6 is 0 Å². The summed E-state index contributed by atoms with van der Waals surface area (Å²) in [6.45, 7) is 11.7. The molecule has 4 nitrogen and oxygen atoms in total. The van der Waals surface area contributed by atoms with E-state index in [1.54, 1.807) is 0 Å². The molecule has 1 aromatic heterocycles. The molecule has 0 aliphatic rings. The van der Waals surface area contributed by atoms with Crippen LogP contribution in [-0.2, 0) is 6.67 Å². The van der Waals surface area contributed by atoms with Crippen LogP contribution in [-0.4, -0.2) is 32.0 Å². The van der Waals surface area contributed by atoms with Crippen LogP contribution in [0.3, 0.4) is 0 Å². The minimum absolute atomic E-state index is 0.494. The number of aryl methyl sites for hydroxylation is 1. The van der Waals surface area contributed by atoms with Crippen LogP contribution in [0.2, 0.25) is 0 Å². The van der Waals surface area contributed by atoms with E-state index in [4.69, 9.17) is 0 Å². The van der Waals surface area contributed by atoms with Gasteiger partial charge in [-0.2, -0.15) is 0 Å². The quantitative estimate of drug-likeness (QED) is 0.832. The maximum atomic E-state index is 4.29. The lowest BCUT2D eigenvalue weighted by atomic mass is 10.2. The van der Waals surface area contributed by atoms with Crippen molar-refractivity contribution in [2.75, 3.05) is 0 Å². The molecule has 0 saturated carbocycles. The lowest BCUT2D eigenvalue weighted by Gasteiger charge is -2.30. The zero-order chi connectivity index (χ0) is 13.3. The molecule has 0 fully saturated rings. The predicted molar refractivity (Wildman–Crippen MR) is 74.4 cm³/mol. The van der Waals surface area contributed by atoms with Gasteiger partial charge in [-0.1, -0.05) is 17.3 Å². The van der Waals surface area contributed by atoms with Crippen molar-refractivity contribution in [3.05, 3.63) is 23.8 Å². The van der Waals surface area contributed by atoms with E-state index in [-0.39, 0.29) is 0 Å². The van der Waals surface area contributed by atoms with E-state index in [0.29, 0.717) is 12.1 Å². The van der Waals surface area contributed by atoms with Crippen molar-refractivity contribution < 1.29 is 0 Å². The van der Waals surface area contributed by atoms with E-state index in [0.717, 1.165) is 17.7 Å². The highest BCUT2D eigenvalue weighted by Gasteiger charge is 2.16. The van der Waals surface area contributed by atoms with Crippen molar-refractivity contribution in [3.8, 4) is 0 Å². The molecule has 1 heterocycles. The number of rotatable bonds is 4. The van der Waals surface area contributed by atoms with E-state index in [1.165, 1.54) is 5.56 Å². The number of hydrogen-bond donors (Lipinski definition) is 0. The van der Waals surface area contributed by atoms with Crippen molar-refractivity contribution in [1.29, 1.82) is 0 Å². The molecule has 2 rings (SSSR count). The maximum absolute atomic E-state index is 4.29. The van der Waals surface area contributed by atoms with Crippen molar-refractivity contribution in [2.24, 2.45) is 0 Å². The molecule has 0 radical (unpaired) electrons. The second kappa shape index (κ2) is 5.06. The van der Waals surface area contributed by atoms with Crippen molar-refractivity contribution in [1.82, 2.24) is 19.9 Å². The van der Waals surface area contributed by atoms with Gasteiger partial charge in [0.1, 0.15) is 5.52 Å². The fourth-order valence-corrected chi connectivity index (χ4v) is 2.31. The van der Waals surface area contributed by atoms with E-state index in [2.05, 4.69) is 68.0 Å². The van der Waals surface area contributed by atoms with Crippen LogP contribution < -0.4 is 0 Å². The summed E-state index contributed by atoms with van der Waals surface area (Å²) in [5, 5.41) is 8.56. The third kappa shape index (κ3) is 2.38. The molecule has 0 unspecified atom stereocenters. The highest BCUT2D eigenvalue weighted by Crippen LogP contribution is 2.16. The van der Waals surface area contributed by atoms with Gasteiger partial charge < -0.3 is 0 Å². The Morgan fingerprint density at radius 3 is 2.44 bits per heavy atom. The number of fused-ring (bicyclic) bond motifs is 1. The first-order chi connectivity index (χ1) is 8.50.